The third kappa shape index (κ3) is 4.06. The molecule has 172 valence electrons. The Balaban J connectivity index is 1.38. The summed E-state index contributed by atoms with van der Waals surface area (Å²) in [6.07, 6.45) is 0. The highest BCUT2D eigenvalue weighted by molar-refractivity contribution is 5.94. The molecule has 1 aliphatic rings. The summed E-state index contributed by atoms with van der Waals surface area (Å²) < 4.78 is 25.8. The summed E-state index contributed by atoms with van der Waals surface area (Å²) in [5.41, 5.74) is 4.55. The molecule has 1 amide bonds. The number of carbonyl (C=O) groups is 1. The minimum atomic E-state index is -0.341. The second kappa shape index (κ2) is 8.57. The van der Waals surface area contributed by atoms with Crippen molar-refractivity contribution < 1.29 is 18.7 Å². The fourth-order valence-corrected chi connectivity index (χ4v) is 3.98. The molecule has 0 spiro atoms. The molecule has 3 heterocycles. The lowest BCUT2D eigenvalue weighted by Gasteiger charge is -2.10. The van der Waals surface area contributed by atoms with Crippen LogP contribution < -0.4 is 14.8 Å². The van der Waals surface area contributed by atoms with Crippen molar-refractivity contribution in [1.82, 2.24) is 19.9 Å². The smallest absolute Gasteiger partial charge is 0.270 e. The molecule has 35 heavy (non-hydrogen) atoms. The molecule has 2 aromatic heterocycles. The summed E-state index contributed by atoms with van der Waals surface area (Å²) in [5.74, 6) is 0.680. The molecule has 0 radical (unpaired) electrons. The Hall–Kier alpha value is -4.72. The molecule has 0 bridgehead atoms. The van der Waals surface area contributed by atoms with Gasteiger partial charge in [-0.05, 0) is 48.0 Å². The van der Waals surface area contributed by atoms with Gasteiger partial charge in [-0.2, -0.15) is 5.10 Å². The first-order valence-electron chi connectivity index (χ1n) is 11.0. The van der Waals surface area contributed by atoms with Crippen molar-refractivity contribution in [2.75, 3.05) is 6.79 Å². The zero-order chi connectivity index (χ0) is 23.8. The molecule has 1 aliphatic heterocycles. The zero-order valence-electron chi connectivity index (χ0n) is 18.4. The van der Waals surface area contributed by atoms with Crippen LogP contribution in [0.1, 0.15) is 16.1 Å². The Morgan fingerprint density at radius 2 is 1.66 bits per heavy atom. The van der Waals surface area contributed by atoms with Gasteiger partial charge >= 0.3 is 0 Å². The number of rotatable bonds is 5. The van der Waals surface area contributed by atoms with Gasteiger partial charge in [0.15, 0.2) is 17.1 Å². The standard InChI is InChI=1S/C27H19FN4O3/c28-20-9-7-19(8-10-20)21-13-23(27(33)29-15-17-6-11-24-25(12-17)35-16-34-24)32-26(30-21)14-22(31-32)18-4-2-1-3-5-18/h1-14H,15-16H2,(H,29,33). The van der Waals surface area contributed by atoms with Gasteiger partial charge in [-0.1, -0.05) is 36.4 Å². The van der Waals surface area contributed by atoms with Crippen LogP contribution in [0.3, 0.4) is 0 Å². The second-order valence-corrected chi connectivity index (χ2v) is 8.07. The van der Waals surface area contributed by atoms with E-state index >= 15 is 0 Å². The number of aromatic nitrogens is 3. The first kappa shape index (κ1) is 20.9. The van der Waals surface area contributed by atoms with E-state index in [4.69, 9.17) is 9.47 Å². The van der Waals surface area contributed by atoms with Crippen molar-refractivity contribution in [2.24, 2.45) is 0 Å². The first-order chi connectivity index (χ1) is 17.1. The lowest BCUT2D eigenvalue weighted by molar-refractivity contribution is 0.0943. The number of amides is 1. The van der Waals surface area contributed by atoms with E-state index in [1.807, 2.05) is 54.6 Å². The highest BCUT2D eigenvalue weighted by atomic mass is 19.1. The molecule has 0 unspecified atom stereocenters. The SMILES string of the molecule is O=C(NCc1ccc2c(c1)OCO2)c1cc(-c2ccc(F)cc2)nc2cc(-c3ccccc3)nn12. The van der Waals surface area contributed by atoms with E-state index in [0.29, 0.717) is 39.8 Å². The molecule has 0 saturated carbocycles. The van der Waals surface area contributed by atoms with Crippen LogP contribution in [0.2, 0.25) is 0 Å². The minimum Gasteiger partial charge on any atom is -0.454 e. The highest BCUT2D eigenvalue weighted by Crippen LogP contribution is 2.32. The van der Waals surface area contributed by atoms with Gasteiger partial charge in [-0.15, -0.1) is 0 Å². The molecule has 3 aromatic carbocycles. The molecule has 0 saturated heterocycles. The van der Waals surface area contributed by atoms with Crippen molar-refractivity contribution >= 4 is 11.6 Å². The van der Waals surface area contributed by atoms with Gasteiger partial charge in [0, 0.05) is 23.7 Å². The number of hydrogen-bond acceptors (Lipinski definition) is 5. The maximum absolute atomic E-state index is 13.5. The average molecular weight is 466 g/mol. The van der Waals surface area contributed by atoms with Crippen LogP contribution in [0, 0.1) is 5.82 Å². The van der Waals surface area contributed by atoms with E-state index < -0.39 is 0 Å². The van der Waals surface area contributed by atoms with Gasteiger partial charge in [0.1, 0.15) is 11.5 Å². The van der Waals surface area contributed by atoms with Crippen LogP contribution in [0.25, 0.3) is 28.2 Å². The molecule has 6 rings (SSSR count). The number of carbonyl (C=O) groups excluding carboxylic acids is 1. The fourth-order valence-electron chi connectivity index (χ4n) is 3.98. The summed E-state index contributed by atoms with van der Waals surface area (Å²) in [5, 5.41) is 7.60. The summed E-state index contributed by atoms with van der Waals surface area (Å²) in [6, 6.07) is 24.7. The monoisotopic (exact) mass is 466 g/mol. The summed E-state index contributed by atoms with van der Waals surface area (Å²) >= 11 is 0. The van der Waals surface area contributed by atoms with Gasteiger partial charge in [-0.3, -0.25) is 4.79 Å². The van der Waals surface area contributed by atoms with Crippen LogP contribution in [0.4, 0.5) is 4.39 Å². The predicted octanol–water partition coefficient (Wildman–Crippen LogP) is 4.86. The minimum absolute atomic E-state index is 0.190. The van der Waals surface area contributed by atoms with E-state index in [1.165, 1.54) is 16.6 Å². The van der Waals surface area contributed by atoms with Crippen molar-refractivity contribution in [1.29, 1.82) is 0 Å². The van der Waals surface area contributed by atoms with Gasteiger partial charge < -0.3 is 14.8 Å². The molecule has 7 nitrogen and oxygen atoms in total. The molecule has 5 aromatic rings. The number of nitrogens with zero attached hydrogens (tertiary/aromatic N) is 3. The van der Waals surface area contributed by atoms with Crippen molar-refractivity contribution in [3.05, 3.63) is 102 Å². The van der Waals surface area contributed by atoms with Crippen LogP contribution >= 0.6 is 0 Å². The number of halogens is 1. The fraction of sp³-hybridized carbons (Fsp3) is 0.0741. The molecular formula is C27H19FN4O3. The Kier molecular flexibility index (Phi) is 5.11. The van der Waals surface area contributed by atoms with Crippen LogP contribution in [0.15, 0.2) is 84.9 Å². The van der Waals surface area contributed by atoms with Gasteiger partial charge in [0.2, 0.25) is 6.79 Å². The van der Waals surface area contributed by atoms with Gasteiger partial charge in [0.05, 0.1) is 11.4 Å². The molecule has 0 aliphatic carbocycles. The summed E-state index contributed by atoms with van der Waals surface area (Å²) in [4.78, 5) is 18.0. The molecule has 0 atom stereocenters. The predicted molar refractivity (Wildman–Crippen MR) is 128 cm³/mol. The largest absolute Gasteiger partial charge is 0.454 e. The van der Waals surface area contributed by atoms with Gasteiger partial charge in [-0.25, -0.2) is 13.9 Å². The van der Waals surface area contributed by atoms with Crippen molar-refractivity contribution in [3.8, 4) is 34.0 Å². The second-order valence-electron chi connectivity index (χ2n) is 8.07. The number of hydrogen-bond donors (Lipinski definition) is 1. The van der Waals surface area contributed by atoms with Crippen LogP contribution in [-0.2, 0) is 6.54 Å². The van der Waals surface area contributed by atoms with E-state index in [0.717, 1.165) is 11.1 Å². The van der Waals surface area contributed by atoms with Crippen molar-refractivity contribution in [3.63, 3.8) is 0 Å². The van der Waals surface area contributed by atoms with Crippen LogP contribution in [-0.4, -0.2) is 27.3 Å². The maximum Gasteiger partial charge on any atom is 0.270 e. The lowest BCUT2D eigenvalue weighted by atomic mass is 10.1. The topological polar surface area (TPSA) is 77.8 Å². The molecular weight excluding hydrogens is 447 g/mol. The third-order valence-corrected chi connectivity index (χ3v) is 5.76. The summed E-state index contributed by atoms with van der Waals surface area (Å²) in [6.45, 7) is 0.479. The average Bonchev–Trinajstić information content (AvgIpc) is 3.54. The number of nitrogens with one attached hydrogen (secondary N) is 1. The Morgan fingerprint density at radius 1 is 0.886 bits per heavy atom. The lowest BCUT2D eigenvalue weighted by Crippen LogP contribution is -2.25. The van der Waals surface area contributed by atoms with E-state index in [9.17, 15) is 9.18 Å². The molecule has 1 N–H and O–H groups in total. The van der Waals surface area contributed by atoms with Crippen LogP contribution in [0.5, 0.6) is 11.5 Å². The Labute approximate surface area is 199 Å². The quantitative estimate of drug-likeness (QED) is 0.400. The zero-order valence-corrected chi connectivity index (χ0v) is 18.4. The number of fused-ring (bicyclic) bond motifs is 2. The van der Waals surface area contributed by atoms with E-state index in [2.05, 4.69) is 15.4 Å². The van der Waals surface area contributed by atoms with E-state index in [-0.39, 0.29) is 25.1 Å². The maximum atomic E-state index is 13.5. The first-order valence-corrected chi connectivity index (χ1v) is 11.0. The summed E-state index contributed by atoms with van der Waals surface area (Å²) in [7, 11) is 0. The highest BCUT2D eigenvalue weighted by Gasteiger charge is 2.18. The number of ether oxygens (including phenoxy) is 2. The third-order valence-electron chi connectivity index (χ3n) is 5.76. The normalized spacial score (nSPS) is 12.1. The molecule has 0 fully saturated rings. The number of benzene rings is 3. The van der Waals surface area contributed by atoms with Gasteiger partial charge in [0.25, 0.3) is 5.91 Å². The van der Waals surface area contributed by atoms with Crippen molar-refractivity contribution in [2.45, 2.75) is 6.54 Å². The van der Waals surface area contributed by atoms with E-state index in [1.54, 1.807) is 18.2 Å². The molecule has 8 heteroatoms. The Bertz CT molecular complexity index is 1550. The Morgan fingerprint density at radius 3 is 2.49 bits per heavy atom.